The summed E-state index contributed by atoms with van der Waals surface area (Å²) in [5, 5.41) is 17.4. The Morgan fingerprint density at radius 2 is 2.29 bits per heavy atom. The summed E-state index contributed by atoms with van der Waals surface area (Å²) in [6.07, 6.45) is -3.61. The normalized spacial score (nSPS) is 10.3. The molecule has 0 saturated carbocycles. The first-order valence-corrected chi connectivity index (χ1v) is 5.01. The average Bonchev–Trinajstić information content (AvgIpc) is 2.28. The maximum absolute atomic E-state index is 12.7. The van der Waals surface area contributed by atoms with Gasteiger partial charge >= 0.3 is 5.97 Å². The Kier molecular flexibility index (Phi) is 4.35. The summed E-state index contributed by atoms with van der Waals surface area (Å²) in [6.45, 7) is 0. The molecule has 17 heavy (non-hydrogen) atoms. The molecule has 0 radical (unpaired) electrons. The minimum Gasteiger partial charge on any atom is -0.481 e. The molecule has 0 aliphatic carbocycles. The van der Waals surface area contributed by atoms with E-state index in [4.69, 9.17) is 22.0 Å². The third-order valence-electron chi connectivity index (χ3n) is 2.00. The van der Waals surface area contributed by atoms with Gasteiger partial charge in [0.1, 0.15) is 5.69 Å². The fraction of sp³-hybridized carbons (Fsp3) is 0.300. The van der Waals surface area contributed by atoms with Crippen LogP contribution in [-0.2, 0) is 17.1 Å². The highest BCUT2D eigenvalue weighted by Gasteiger charge is 2.21. The van der Waals surface area contributed by atoms with Gasteiger partial charge in [0.15, 0.2) is 0 Å². The average molecular weight is 261 g/mol. The van der Waals surface area contributed by atoms with Gasteiger partial charge < -0.3 is 5.11 Å². The summed E-state index contributed by atoms with van der Waals surface area (Å²) < 4.78 is 25.4. The van der Waals surface area contributed by atoms with Gasteiger partial charge in [0, 0.05) is 5.56 Å². The Morgan fingerprint density at radius 3 is 2.71 bits per heavy atom. The third-order valence-corrected chi connectivity index (χ3v) is 2.28. The Hall–Kier alpha value is -1.74. The number of carboxylic acid groups (broad SMARTS) is 1. The summed E-state index contributed by atoms with van der Waals surface area (Å²) in [7, 11) is 0. The van der Waals surface area contributed by atoms with Gasteiger partial charge in [-0.05, 0) is 6.07 Å². The second-order valence-electron chi connectivity index (χ2n) is 3.14. The first kappa shape index (κ1) is 13.3. The van der Waals surface area contributed by atoms with E-state index in [2.05, 4.69) is 4.98 Å². The number of halogens is 3. The van der Waals surface area contributed by atoms with E-state index in [-0.39, 0.29) is 22.7 Å². The maximum Gasteiger partial charge on any atom is 0.307 e. The molecule has 0 spiro atoms. The van der Waals surface area contributed by atoms with Crippen LogP contribution in [0.1, 0.15) is 28.9 Å². The molecule has 1 aromatic heterocycles. The Bertz CT molecular complexity index is 486. The van der Waals surface area contributed by atoms with Crippen molar-refractivity contribution < 1.29 is 18.7 Å². The van der Waals surface area contributed by atoms with Crippen LogP contribution >= 0.6 is 11.6 Å². The molecule has 90 valence electrons. The molecule has 0 atom stereocenters. The lowest BCUT2D eigenvalue weighted by Gasteiger charge is -2.09. The van der Waals surface area contributed by atoms with Gasteiger partial charge in [-0.3, -0.25) is 9.78 Å². The topological polar surface area (TPSA) is 74.0 Å². The Morgan fingerprint density at radius 1 is 1.65 bits per heavy atom. The van der Waals surface area contributed by atoms with Gasteiger partial charge in [-0.2, -0.15) is 5.26 Å². The monoisotopic (exact) mass is 260 g/mol. The van der Waals surface area contributed by atoms with Crippen LogP contribution < -0.4 is 0 Å². The van der Waals surface area contributed by atoms with Crippen molar-refractivity contribution in [2.24, 2.45) is 0 Å². The van der Waals surface area contributed by atoms with Gasteiger partial charge in [0.2, 0.25) is 0 Å². The molecule has 0 aliphatic heterocycles. The maximum atomic E-state index is 12.7. The third kappa shape index (κ3) is 3.11. The zero-order valence-corrected chi connectivity index (χ0v) is 9.21. The number of aromatic nitrogens is 1. The van der Waals surface area contributed by atoms with Gasteiger partial charge in [-0.15, -0.1) is 11.6 Å². The minimum absolute atomic E-state index is 0.118. The van der Waals surface area contributed by atoms with Crippen LogP contribution in [0.15, 0.2) is 6.07 Å². The van der Waals surface area contributed by atoms with E-state index in [1.807, 2.05) is 0 Å². The van der Waals surface area contributed by atoms with Crippen LogP contribution in [-0.4, -0.2) is 16.1 Å². The number of alkyl halides is 3. The van der Waals surface area contributed by atoms with Gasteiger partial charge in [-0.25, -0.2) is 8.78 Å². The first-order valence-electron chi connectivity index (χ1n) is 4.48. The largest absolute Gasteiger partial charge is 0.481 e. The van der Waals surface area contributed by atoms with Crippen molar-refractivity contribution in [1.29, 1.82) is 5.26 Å². The second-order valence-corrected chi connectivity index (χ2v) is 3.41. The molecule has 4 nitrogen and oxygen atoms in total. The number of nitrogens with zero attached hydrogens (tertiary/aromatic N) is 2. The molecule has 0 unspecified atom stereocenters. The number of nitriles is 1. The smallest absolute Gasteiger partial charge is 0.307 e. The summed E-state index contributed by atoms with van der Waals surface area (Å²) in [6, 6.07) is 2.90. The van der Waals surface area contributed by atoms with Crippen LogP contribution in [0.2, 0.25) is 0 Å². The number of rotatable bonds is 4. The van der Waals surface area contributed by atoms with Crippen LogP contribution in [0.4, 0.5) is 8.78 Å². The van der Waals surface area contributed by atoms with E-state index in [0.29, 0.717) is 0 Å². The highest BCUT2D eigenvalue weighted by atomic mass is 35.5. The van der Waals surface area contributed by atoms with E-state index in [0.717, 1.165) is 0 Å². The van der Waals surface area contributed by atoms with E-state index in [1.54, 1.807) is 6.07 Å². The van der Waals surface area contributed by atoms with E-state index in [1.165, 1.54) is 6.07 Å². The fourth-order valence-corrected chi connectivity index (χ4v) is 1.47. The highest BCUT2D eigenvalue weighted by molar-refractivity contribution is 6.16. The second kappa shape index (κ2) is 5.55. The van der Waals surface area contributed by atoms with Crippen LogP contribution in [0, 0.1) is 11.3 Å². The molecule has 0 saturated heterocycles. The van der Waals surface area contributed by atoms with Crippen LogP contribution in [0.5, 0.6) is 0 Å². The molecule has 1 N–H and O–H groups in total. The number of pyridine rings is 1. The molecule has 1 rings (SSSR count). The lowest BCUT2D eigenvalue weighted by molar-refractivity contribution is -0.136. The molecule has 0 aliphatic rings. The minimum atomic E-state index is -2.94. The van der Waals surface area contributed by atoms with Crippen molar-refractivity contribution in [2.75, 3.05) is 0 Å². The number of carboxylic acids is 1. The highest BCUT2D eigenvalue weighted by Crippen LogP contribution is 2.25. The predicted molar refractivity (Wildman–Crippen MR) is 54.8 cm³/mol. The van der Waals surface area contributed by atoms with Crippen molar-refractivity contribution in [3.05, 3.63) is 28.6 Å². The summed E-state index contributed by atoms with van der Waals surface area (Å²) in [5.74, 6) is -1.43. The standard InChI is InChI=1S/C10H7ClF2N2O2/c11-3-6-1-5(4-14)7(2-8(16)17)9(15-6)10(12)13/h1,10H,2-3H2,(H,16,17). The zero-order chi connectivity index (χ0) is 13.0. The summed E-state index contributed by atoms with van der Waals surface area (Å²) >= 11 is 5.46. The van der Waals surface area contributed by atoms with Crippen molar-refractivity contribution in [2.45, 2.75) is 18.7 Å². The predicted octanol–water partition coefficient (Wildman–Crippen LogP) is 2.26. The molecular formula is C10H7ClF2N2O2. The first-order chi connectivity index (χ1) is 7.99. The molecule has 1 aromatic rings. The molecule has 0 amide bonds. The van der Waals surface area contributed by atoms with Crippen molar-refractivity contribution in [3.8, 4) is 6.07 Å². The molecule has 1 heterocycles. The SMILES string of the molecule is N#Cc1cc(CCl)nc(C(F)F)c1CC(=O)O. The van der Waals surface area contributed by atoms with Crippen LogP contribution in [0.3, 0.4) is 0 Å². The number of aliphatic carboxylic acids is 1. The zero-order valence-electron chi connectivity index (χ0n) is 8.45. The quantitative estimate of drug-likeness (QED) is 0.843. The van der Waals surface area contributed by atoms with E-state index < -0.39 is 24.5 Å². The van der Waals surface area contributed by atoms with Crippen molar-refractivity contribution >= 4 is 17.6 Å². The number of hydrogen-bond donors (Lipinski definition) is 1. The van der Waals surface area contributed by atoms with Crippen LogP contribution in [0.25, 0.3) is 0 Å². The molecular weight excluding hydrogens is 254 g/mol. The van der Waals surface area contributed by atoms with Crippen molar-refractivity contribution in [1.82, 2.24) is 4.98 Å². The summed E-state index contributed by atoms with van der Waals surface area (Å²) in [5.41, 5.74) is -0.966. The Balaban J connectivity index is 3.42. The van der Waals surface area contributed by atoms with E-state index >= 15 is 0 Å². The molecule has 0 aromatic carbocycles. The van der Waals surface area contributed by atoms with Crippen molar-refractivity contribution in [3.63, 3.8) is 0 Å². The molecule has 0 fully saturated rings. The van der Waals surface area contributed by atoms with Gasteiger partial charge in [-0.1, -0.05) is 0 Å². The lowest BCUT2D eigenvalue weighted by atomic mass is 10.0. The Labute approximate surface area is 100 Å². The summed E-state index contributed by atoms with van der Waals surface area (Å²) in [4.78, 5) is 14.1. The van der Waals surface area contributed by atoms with Gasteiger partial charge in [0.25, 0.3) is 6.43 Å². The molecule has 0 bridgehead atoms. The van der Waals surface area contributed by atoms with Gasteiger partial charge in [0.05, 0.1) is 29.6 Å². The number of hydrogen-bond acceptors (Lipinski definition) is 3. The fourth-order valence-electron chi connectivity index (χ4n) is 1.33. The van der Waals surface area contributed by atoms with E-state index in [9.17, 15) is 13.6 Å². The molecule has 7 heteroatoms. The number of carbonyl (C=O) groups is 1. The lowest BCUT2D eigenvalue weighted by Crippen LogP contribution is -2.10.